The Morgan fingerprint density at radius 3 is 2.70 bits per heavy atom. The predicted octanol–water partition coefficient (Wildman–Crippen LogP) is 3.48. The van der Waals surface area contributed by atoms with E-state index in [1.165, 1.54) is 5.56 Å². The molecule has 1 saturated heterocycles. The normalized spacial score (nSPS) is 41.6. The van der Waals surface area contributed by atoms with Gasteiger partial charge in [-0.2, -0.15) is 0 Å². The van der Waals surface area contributed by atoms with Crippen LogP contribution in [0.5, 0.6) is 0 Å². The molecule has 2 nitrogen and oxygen atoms in total. The fourth-order valence-electron chi connectivity index (χ4n) is 4.53. The van der Waals surface area contributed by atoms with Gasteiger partial charge in [0.05, 0.1) is 6.10 Å². The molecule has 0 bridgehead atoms. The molecule has 5 atom stereocenters. The maximum atomic E-state index is 12.0. The molecule has 0 N–H and O–H groups in total. The minimum absolute atomic E-state index is 0.192. The molecule has 2 aliphatic carbocycles. The summed E-state index contributed by atoms with van der Waals surface area (Å²) in [5.41, 5.74) is 2.07. The lowest BCUT2D eigenvalue weighted by atomic mass is 9.74. The number of ether oxygens (including phenoxy) is 1. The minimum atomic E-state index is -0.237. The van der Waals surface area contributed by atoms with Gasteiger partial charge in [-0.1, -0.05) is 43.3 Å². The predicted molar refractivity (Wildman–Crippen MR) is 77.4 cm³/mol. The number of hydrogen-bond acceptors (Lipinski definition) is 2. The number of allylic oxidation sites excluding steroid dienone is 1. The van der Waals surface area contributed by atoms with Crippen molar-refractivity contribution in [1.29, 1.82) is 0 Å². The fourth-order valence-corrected chi connectivity index (χ4v) is 4.53. The van der Waals surface area contributed by atoms with E-state index >= 15 is 0 Å². The first-order chi connectivity index (χ1) is 9.63. The number of benzene rings is 1. The lowest BCUT2D eigenvalue weighted by Gasteiger charge is -2.30. The Morgan fingerprint density at radius 1 is 1.25 bits per heavy atom. The zero-order valence-electron chi connectivity index (χ0n) is 12.0. The molecule has 0 aromatic heterocycles. The van der Waals surface area contributed by atoms with Gasteiger partial charge in [0.25, 0.3) is 0 Å². The van der Waals surface area contributed by atoms with Crippen molar-refractivity contribution in [2.75, 3.05) is 0 Å². The molecule has 2 heteroatoms. The third-order valence-electron chi connectivity index (χ3n) is 5.33. The number of carbonyl (C=O) groups is 1. The van der Waals surface area contributed by atoms with Crippen molar-refractivity contribution in [3.8, 4) is 0 Å². The van der Waals surface area contributed by atoms with E-state index in [1.807, 2.05) is 0 Å². The molecule has 1 aromatic rings. The van der Waals surface area contributed by atoms with Crippen LogP contribution < -0.4 is 0 Å². The highest BCUT2D eigenvalue weighted by molar-refractivity contribution is 5.96. The molecule has 0 unspecified atom stereocenters. The average Bonchev–Trinajstić information content (AvgIpc) is 3.08. The zero-order valence-corrected chi connectivity index (χ0v) is 12.0. The van der Waals surface area contributed by atoms with Gasteiger partial charge in [-0.3, -0.25) is 4.79 Å². The quantitative estimate of drug-likeness (QED) is 0.768. The Balaban J connectivity index is 1.72. The Bertz CT molecular complexity index is 589. The molecule has 3 aliphatic rings. The van der Waals surface area contributed by atoms with Gasteiger partial charge in [0.1, 0.15) is 5.60 Å². The number of epoxide rings is 1. The van der Waals surface area contributed by atoms with Crippen LogP contribution in [0.2, 0.25) is 0 Å². The van der Waals surface area contributed by atoms with E-state index in [1.54, 1.807) is 6.92 Å². The van der Waals surface area contributed by atoms with Crippen LogP contribution in [0, 0.1) is 11.8 Å². The van der Waals surface area contributed by atoms with Crippen LogP contribution in [0.3, 0.4) is 0 Å². The summed E-state index contributed by atoms with van der Waals surface area (Å²) in [5.74, 6) is 1.65. The number of rotatable bonds is 2. The monoisotopic (exact) mass is 268 g/mol. The topological polar surface area (TPSA) is 29.6 Å². The van der Waals surface area contributed by atoms with Crippen molar-refractivity contribution in [1.82, 2.24) is 0 Å². The molecule has 4 rings (SSSR count). The second-order valence-electron chi connectivity index (χ2n) is 6.63. The summed E-state index contributed by atoms with van der Waals surface area (Å²) in [7, 11) is 0. The molecule has 1 aromatic carbocycles. The molecule has 20 heavy (non-hydrogen) atoms. The molecule has 1 saturated carbocycles. The number of Topliss-reactive ketones (excluding diaryl/α,β-unsaturated/α-hetero) is 1. The molecule has 0 amide bonds. The summed E-state index contributed by atoms with van der Waals surface area (Å²) in [6, 6.07) is 10.6. The molecule has 2 fully saturated rings. The van der Waals surface area contributed by atoms with E-state index in [0.717, 1.165) is 18.4 Å². The van der Waals surface area contributed by atoms with E-state index in [-0.39, 0.29) is 17.5 Å². The first-order valence-electron chi connectivity index (χ1n) is 7.59. The Hall–Kier alpha value is -1.41. The summed E-state index contributed by atoms with van der Waals surface area (Å²) in [6.45, 7) is 3.90. The summed E-state index contributed by atoms with van der Waals surface area (Å²) in [6.07, 6.45) is 4.68. The van der Waals surface area contributed by atoms with E-state index in [9.17, 15) is 4.79 Å². The van der Waals surface area contributed by atoms with Crippen molar-refractivity contribution < 1.29 is 9.53 Å². The van der Waals surface area contributed by atoms with Crippen LogP contribution in [0.1, 0.15) is 38.2 Å². The fraction of sp³-hybridized carbons (Fsp3) is 0.500. The molecular formula is C18H20O2. The van der Waals surface area contributed by atoms with Crippen molar-refractivity contribution in [3.05, 3.63) is 47.5 Å². The highest BCUT2D eigenvalue weighted by Crippen LogP contribution is 2.66. The molecular weight excluding hydrogens is 248 g/mol. The lowest BCUT2D eigenvalue weighted by Crippen LogP contribution is -2.33. The molecule has 0 radical (unpaired) electrons. The van der Waals surface area contributed by atoms with Gasteiger partial charge in [0.2, 0.25) is 0 Å². The van der Waals surface area contributed by atoms with Gasteiger partial charge < -0.3 is 4.74 Å². The van der Waals surface area contributed by atoms with Crippen LogP contribution in [0.15, 0.2) is 42.0 Å². The van der Waals surface area contributed by atoms with E-state index < -0.39 is 0 Å². The van der Waals surface area contributed by atoms with Gasteiger partial charge in [-0.15, -0.1) is 0 Å². The number of carbonyl (C=O) groups excluding carboxylic acids is 1. The first kappa shape index (κ1) is 12.3. The molecule has 1 aliphatic heterocycles. The van der Waals surface area contributed by atoms with E-state index in [0.29, 0.717) is 17.8 Å². The highest BCUT2D eigenvalue weighted by atomic mass is 16.6. The van der Waals surface area contributed by atoms with Crippen molar-refractivity contribution in [3.63, 3.8) is 0 Å². The standard InChI is InChI=1S/C18H20O2/c1-11-8-14-10-15(13-6-4-3-5-7-13)17-18(14,20-17)16(9-11)12(2)19/h3-7,9,11,14-15,17H,8,10H2,1-2H3/t11-,14+,15+,17+,18+/m1/s1. The van der Waals surface area contributed by atoms with Crippen LogP contribution >= 0.6 is 0 Å². The largest absolute Gasteiger partial charge is 0.360 e. The van der Waals surface area contributed by atoms with Crippen LogP contribution in [-0.2, 0) is 9.53 Å². The number of ketones is 1. The van der Waals surface area contributed by atoms with Crippen LogP contribution in [0.4, 0.5) is 0 Å². The minimum Gasteiger partial charge on any atom is -0.360 e. The second kappa shape index (κ2) is 4.05. The van der Waals surface area contributed by atoms with Crippen molar-refractivity contribution >= 4 is 5.78 Å². The van der Waals surface area contributed by atoms with Gasteiger partial charge >= 0.3 is 0 Å². The van der Waals surface area contributed by atoms with Crippen LogP contribution in [-0.4, -0.2) is 17.5 Å². The number of hydrogen-bond donors (Lipinski definition) is 0. The van der Waals surface area contributed by atoms with Gasteiger partial charge in [-0.25, -0.2) is 0 Å². The molecule has 1 heterocycles. The first-order valence-corrected chi connectivity index (χ1v) is 7.59. The third-order valence-corrected chi connectivity index (χ3v) is 5.33. The highest BCUT2D eigenvalue weighted by Gasteiger charge is 2.72. The van der Waals surface area contributed by atoms with Gasteiger partial charge in [0.15, 0.2) is 5.78 Å². The van der Waals surface area contributed by atoms with Gasteiger partial charge in [-0.05, 0) is 37.2 Å². The van der Waals surface area contributed by atoms with Crippen LogP contribution in [0.25, 0.3) is 0 Å². The average molecular weight is 268 g/mol. The van der Waals surface area contributed by atoms with Crippen molar-refractivity contribution in [2.45, 2.75) is 44.3 Å². The third kappa shape index (κ3) is 1.51. The summed E-state index contributed by atoms with van der Waals surface area (Å²) >= 11 is 0. The maximum absolute atomic E-state index is 12.0. The molecule has 104 valence electrons. The SMILES string of the molecule is CC(=O)C1=C[C@H](C)C[C@H]2C[C@@H](c3ccccc3)[C@@H]3O[C@]123. The van der Waals surface area contributed by atoms with E-state index in [2.05, 4.69) is 43.3 Å². The second-order valence-corrected chi connectivity index (χ2v) is 6.63. The maximum Gasteiger partial charge on any atom is 0.158 e. The Labute approximate surface area is 119 Å². The summed E-state index contributed by atoms with van der Waals surface area (Å²) in [5, 5.41) is 0. The van der Waals surface area contributed by atoms with Crippen molar-refractivity contribution in [2.24, 2.45) is 11.8 Å². The summed E-state index contributed by atoms with van der Waals surface area (Å²) in [4.78, 5) is 12.0. The van der Waals surface area contributed by atoms with E-state index in [4.69, 9.17) is 4.74 Å². The zero-order chi connectivity index (χ0) is 13.9. The van der Waals surface area contributed by atoms with Gasteiger partial charge in [0, 0.05) is 11.5 Å². The summed E-state index contributed by atoms with van der Waals surface area (Å²) < 4.78 is 6.14. The Morgan fingerprint density at radius 2 is 2.00 bits per heavy atom. The molecule has 1 spiro atoms. The lowest BCUT2D eigenvalue weighted by molar-refractivity contribution is -0.114. The Kier molecular flexibility index (Phi) is 2.50. The smallest absolute Gasteiger partial charge is 0.158 e.